The van der Waals surface area contributed by atoms with Gasteiger partial charge in [-0.3, -0.25) is 9.59 Å². The Kier molecular flexibility index (Phi) is 10.5. The molecule has 54 valence electrons. The van der Waals surface area contributed by atoms with Gasteiger partial charge in [-0.05, 0) is 6.42 Å². The number of rotatable bonds is 4. The number of carboxylic acids is 2. The average molecular weight is 219 g/mol. The second-order valence-electron chi connectivity index (χ2n) is 1.64. The van der Waals surface area contributed by atoms with Gasteiger partial charge < -0.3 is 10.2 Å². The van der Waals surface area contributed by atoms with E-state index in [1.807, 2.05) is 0 Å². The van der Waals surface area contributed by atoms with Crippen LogP contribution in [0, 0.1) is 0 Å². The van der Waals surface area contributed by atoms with Crippen molar-refractivity contribution in [2.24, 2.45) is 0 Å². The summed E-state index contributed by atoms with van der Waals surface area (Å²) in [6, 6.07) is 0. The van der Waals surface area contributed by atoms with Crippen molar-refractivity contribution < 1.29 is 19.8 Å². The first kappa shape index (κ1) is 13.3. The van der Waals surface area contributed by atoms with Gasteiger partial charge in [0.15, 0.2) is 0 Å². The van der Waals surface area contributed by atoms with Crippen molar-refractivity contribution in [2.45, 2.75) is 19.3 Å². The van der Waals surface area contributed by atoms with Crippen LogP contribution in [0.15, 0.2) is 0 Å². The maximum absolute atomic E-state index is 9.79. The van der Waals surface area contributed by atoms with E-state index in [1.54, 1.807) is 0 Å². The van der Waals surface area contributed by atoms with Crippen molar-refractivity contribution in [3.05, 3.63) is 0 Å². The predicted octanol–water partition coefficient (Wildman–Crippen LogP) is -0.323. The van der Waals surface area contributed by atoms with E-state index in [9.17, 15) is 9.59 Å². The van der Waals surface area contributed by atoms with Crippen LogP contribution in [-0.2, 0) is 9.59 Å². The second kappa shape index (κ2) is 7.85. The maximum atomic E-state index is 9.79. The molecule has 4 nitrogen and oxygen atoms in total. The number of hydrogen-bond donors (Lipinski definition) is 2. The summed E-state index contributed by atoms with van der Waals surface area (Å²) in [7, 11) is 0. The normalized spacial score (nSPS) is 8.00. The van der Waals surface area contributed by atoms with Gasteiger partial charge in [-0.1, -0.05) is 0 Å². The van der Waals surface area contributed by atoms with E-state index in [2.05, 4.69) is 0 Å². The Morgan fingerprint density at radius 2 is 1.30 bits per heavy atom. The minimum absolute atomic E-state index is 0. The zero-order valence-electron chi connectivity index (χ0n) is 4.83. The van der Waals surface area contributed by atoms with Crippen LogP contribution in [0.25, 0.3) is 0 Å². The molecule has 10 heavy (non-hydrogen) atoms. The van der Waals surface area contributed by atoms with Crippen molar-refractivity contribution >= 4 is 70.1 Å². The first-order valence-corrected chi connectivity index (χ1v) is 2.56. The Morgan fingerprint density at radius 3 is 1.50 bits per heavy atom. The minimum atomic E-state index is -0.948. The van der Waals surface area contributed by atoms with Crippen LogP contribution < -0.4 is 0 Å². The molecule has 2 N–H and O–H groups in total. The summed E-state index contributed by atoms with van der Waals surface area (Å²) in [6.07, 6.45) is 0.0866. The van der Waals surface area contributed by atoms with Crippen molar-refractivity contribution in [2.75, 3.05) is 0 Å². The molecule has 0 saturated heterocycles. The molecule has 0 heterocycles. The summed E-state index contributed by atoms with van der Waals surface area (Å²) in [4.78, 5) is 19.6. The van der Waals surface area contributed by atoms with Crippen molar-refractivity contribution in [3.8, 4) is 0 Å². The molecule has 0 rings (SSSR count). The number of aliphatic carboxylic acids is 2. The zero-order valence-corrected chi connectivity index (χ0v) is 4.83. The third-order valence-electron chi connectivity index (χ3n) is 0.781. The standard InChI is InChI=1S/C5H8O4.Rb.H/c6-4(7)2-1-3-5(8)9;;/h1-3H2,(H,6,7)(H,8,9);;. The SMILES string of the molecule is O=C(O)CCCC(=O)O.[RbH]. The first-order valence-electron chi connectivity index (χ1n) is 2.56. The van der Waals surface area contributed by atoms with Crippen LogP contribution in [0.3, 0.4) is 0 Å². The molecule has 0 aliphatic rings. The van der Waals surface area contributed by atoms with Gasteiger partial charge in [-0.15, -0.1) is 0 Å². The van der Waals surface area contributed by atoms with Crippen LogP contribution in [0.2, 0.25) is 0 Å². The summed E-state index contributed by atoms with van der Waals surface area (Å²) in [5.74, 6) is -1.90. The van der Waals surface area contributed by atoms with Gasteiger partial charge in [0.2, 0.25) is 0 Å². The molecule has 0 bridgehead atoms. The Morgan fingerprint density at radius 1 is 1.00 bits per heavy atom. The Balaban J connectivity index is 0. The second-order valence-corrected chi connectivity index (χ2v) is 1.64. The van der Waals surface area contributed by atoms with Crippen LogP contribution in [0.5, 0.6) is 0 Å². The first-order chi connectivity index (χ1) is 4.13. The Bertz CT molecular complexity index is 109. The van der Waals surface area contributed by atoms with Crippen molar-refractivity contribution in [3.63, 3.8) is 0 Å². The van der Waals surface area contributed by atoms with E-state index < -0.39 is 11.9 Å². The fourth-order valence-corrected chi connectivity index (χ4v) is 0.391. The number of carboxylic acid groups (broad SMARTS) is 2. The summed E-state index contributed by atoms with van der Waals surface area (Å²) < 4.78 is 0. The number of hydrogen-bond acceptors (Lipinski definition) is 2. The van der Waals surface area contributed by atoms with Crippen LogP contribution in [0.1, 0.15) is 19.3 Å². The summed E-state index contributed by atoms with van der Waals surface area (Å²) in [6.45, 7) is 0. The fraction of sp³-hybridized carbons (Fsp3) is 0.600. The van der Waals surface area contributed by atoms with Gasteiger partial charge in [0.1, 0.15) is 0 Å². The molecule has 0 spiro atoms. The molecular formula is C5H9O4Rb. The molecule has 0 unspecified atom stereocenters. The van der Waals surface area contributed by atoms with Gasteiger partial charge in [0, 0.05) is 12.8 Å². The molecular weight excluding hydrogens is 210 g/mol. The van der Waals surface area contributed by atoms with E-state index >= 15 is 0 Å². The monoisotopic (exact) mass is 218 g/mol. The van der Waals surface area contributed by atoms with Gasteiger partial charge >= 0.3 is 70.1 Å². The topological polar surface area (TPSA) is 74.6 Å². The molecule has 0 saturated carbocycles. The molecule has 0 aromatic rings. The molecule has 0 aliphatic carbocycles. The Labute approximate surface area is 107 Å². The number of carbonyl (C=O) groups is 2. The third-order valence-corrected chi connectivity index (χ3v) is 0.781. The van der Waals surface area contributed by atoms with Crippen LogP contribution in [-0.4, -0.2) is 80.3 Å². The van der Waals surface area contributed by atoms with Crippen LogP contribution in [0.4, 0.5) is 0 Å². The molecule has 0 aromatic carbocycles. The molecule has 0 radical (unpaired) electrons. The van der Waals surface area contributed by atoms with E-state index in [4.69, 9.17) is 10.2 Å². The van der Waals surface area contributed by atoms with E-state index in [-0.39, 0.29) is 77.4 Å². The van der Waals surface area contributed by atoms with Gasteiger partial charge in [-0.25, -0.2) is 0 Å². The molecule has 0 aliphatic heterocycles. The van der Waals surface area contributed by atoms with E-state index in [0.29, 0.717) is 0 Å². The van der Waals surface area contributed by atoms with Gasteiger partial charge in [0.25, 0.3) is 0 Å². The zero-order chi connectivity index (χ0) is 7.28. The van der Waals surface area contributed by atoms with Crippen molar-refractivity contribution in [1.82, 2.24) is 0 Å². The van der Waals surface area contributed by atoms with Crippen LogP contribution >= 0.6 is 0 Å². The molecule has 0 atom stereocenters. The average Bonchev–Trinajstić information content (AvgIpc) is 1.63. The summed E-state index contributed by atoms with van der Waals surface area (Å²) in [5.41, 5.74) is 0. The molecule has 0 fully saturated rings. The Hall–Kier alpha value is 0.745. The fourth-order valence-electron chi connectivity index (χ4n) is 0.391. The predicted molar refractivity (Wildman–Crippen MR) is 36.3 cm³/mol. The van der Waals surface area contributed by atoms with E-state index in [1.165, 1.54) is 0 Å². The van der Waals surface area contributed by atoms with Crippen molar-refractivity contribution in [1.29, 1.82) is 0 Å². The third kappa shape index (κ3) is 11.5. The summed E-state index contributed by atoms with van der Waals surface area (Å²) in [5, 5.41) is 16.1. The molecule has 0 amide bonds. The molecule has 0 aromatic heterocycles. The van der Waals surface area contributed by atoms with E-state index in [0.717, 1.165) is 0 Å². The summed E-state index contributed by atoms with van der Waals surface area (Å²) >= 11 is 0. The van der Waals surface area contributed by atoms with Gasteiger partial charge in [-0.2, -0.15) is 0 Å². The molecule has 5 heteroatoms. The van der Waals surface area contributed by atoms with Gasteiger partial charge in [0.05, 0.1) is 0 Å². The quantitative estimate of drug-likeness (QED) is 0.678.